The predicted octanol–water partition coefficient (Wildman–Crippen LogP) is 2.44. The Balaban J connectivity index is 1.76. The minimum Gasteiger partial charge on any atom is -0.312 e. The number of rotatable bonds is 5. The zero-order valence-corrected chi connectivity index (χ0v) is 11.3. The first-order valence-corrected chi connectivity index (χ1v) is 6.83. The summed E-state index contributed by atoms with van der Waals surface area (Å²) in [4.78, 5) is 2.42. The smallest absolute Gasteiger partial charge is 0.123 e. The summed E-state index contributed by atoms with van der Waals surface area (Å²) < 4.78 is 13.1. The second kappa shape index (κ2) is 6.30. The molecule has 2 nitrogen and oxygen atoms in total. The number of likely N-dealkylation sites (N-methyl/N-ethyl adjacent to an activating group) is 1. The van der Waals surface area contributed by atoms with E-state index < -0.39 is 0 Å². The summed E-state index contributed by atoms with van der Waals surface area (Å²) in [6, 6.07) is 7.95. The van der Waals surface area contributed by atoms with Crippen molar-refractivity contribution in [1.29, 1.82) is 0 Å². The van der Waals surface area contributed by atoms with E-state index in [0.29, 0.717) is 12.1 Å². The molecule has 100 valence electrons. The molecule has 1 aromatic rings. The molecule has 0 spiro atoms. The molecule has 1 fully saturated rings. The number of hydrogen-bond acceptors (Lipinski definition) is 2. The second-order valence-electron chi connectivity index (χ2n) is 5.42. The molecule has 1 aliphatic heterocycles. The van der Waals surface area contributed by atoms with Crippen LogP contribution < -0.4 is 5.32 Å². The highest BCUT2D eigenvalue weighted by Crippen LogP contribution is 2.14. The van der Waals surface area contributed by atoms with E-state index in [1.165, 1.54) is 25.5 Å². The Morgan fingerprint density at radius 1 is 1.50 bits per heavy atom. The third-order valence-corrected chi connectivity index (χ3v) is 3.80. The van der Waals surface area contributed by atoms with Crippen molar-refractivity contribution < 1.29 is 4.39 Å². The maximum Gasteiger partial charge on any atom is 0.123 e. The molecule has 1 aromatic carbocycles. The molecule has 2 atom stereocenters. The van der Waals surface area contributed by atoms with Gasteiger partial charge in [-0.15, -0.1) is 0 Å². The zero-order valence-electron chi connectivity index (χ0n) is 11.3. The van der Waals surface area contributed by atoms with Gasteiger partial charge in [-0.3, -0.25) is 0 Å². The summed E-state index contributed by atoms with van der Waals surface area (Å²) >= 11 is 0. The lowest BCUT2D eigenvalue weighted by atomic mass is 10.1. The molecule has 0 saturated carbocycles. The van der Waals surface area contributed by atoms with Gasteiger partial charge in [-0.05, 0) is 57.5 Å². The topological polar surface area (TPSA) is 15.3 Å². The maximum absolute atomic E-state index is 13.1. The number of nitrogens with one attached hydrogen (secondary N) is 1. The lowest BCUT2D eigenvalue weighted by molar-refractivity contribution is 0.293. The van der Waals surface area contributed by atoms with E-state index in [4.69, 9.17) is 0 Å². The summed E-state index contributed by atoms with van der Waals surface area (Å²) in [6.45, 7) is 4.41. The first-order chi connectivity index (χ1) is 8.65. The van der Waals surface area contributed by atoms with Crippen molar-refractivity contribution in [2.24, 2.45) is 0 Å². The lowest BCUT2D eigenvalue weighted by Gasteiger charge is -2.22. The predicted molar refractivity (Wildman–Crippen MR) is 73.2 cm³/mol. The van der Waals surface area contributed by atoms with Gasteiger partial charge in [0.25, 0.3) is 0 Å². The summed E-state index contributed by atoms with van der Waals surface area (Å²) in [5.74, 6) is -0.143. The van der Waals surface area contributed by atoms with Crippen LogP contribution in [0.4, 0.5) is 4.39 Å². The Labute approximate surface area is 109 Å². The summed E-state index contributed by atoms with van der Waals surface area (Å²) in [5.41, 5.74) is 1.06. The van der Waals surface area contributed by atoms with E-state index in [9.17, 15) is 4.39 Å². The summed E-state index contributed by atoms with van der Waals surface area (Å²) in [6.07, 6.45) is 3.48. The van der Waals surface area contributed by atoms with Crippen molar-refractivity contribution in [3.05, 3.63) is 35.6 Å². The van der Waals surface area contributed by atoms with Gasteiger partial charge in [0.05, 0.1) is 0 Å². The zero-order chi connectivity index (χ0) is 13.0. The fraction of sp³-hybridized carbons (Fsp3) is 0.600. The van der Waals surface area contributed by atoms with Gasteiger partial charge >= 0.3 is 0 Å². The largest absolute Gasteiger partial charge is 0.312 e. The SMILES string of the molecule is CC(Cc1cccc(F)c1)NCC1CCCN1C. The Hall–Kier alpha value is -0.930. The molecule has 0 bridgehead atoms. The van der Waals surface area contributed by atoms with Crippen LogP contribution in [0, 0.1) is 5.82 Å². The average molecular weight is 250 g/mol. The van der Waals surface area contributed by atoms with Gasteiger partial charge < -0.3 is 10.2 Å². The number of nitrogens with zero attached hydrogens (tertiary/aromatic N) is 1. The third-order valence-electron chi connectivity index (χ3n) is 3.80. The monoisotopic (exact) mass is 250 g/mol. The van der Waals surface area contributed by atoms with Crippen LogP contribution in [0.2, 0.25) is 0 Å². The third kappa shape index (κ3) is 3.79. The van der Waals surface area contributed by atoms with Crippen molar-refractivity contribution in [1.82, 2.24) is 10.2 Å². The Morgan fingerprint density at radius 2 is 2.33 bits per heavy atom. The fourth-order valence-corrected chi connectivity index (χ4v) is 2.66. The normalized spacial score (nSPS) is 22.3. The van der Waals surface area contributed by atoms with Gasteiger partial charge in [-0.25, -0.2) is 4.39 Å². The van der Waals surface area contributed by atoms with Crippen LogP contribution in [0.5, 0.6) is 0 Å². The van der Waals surface area contributed by atoms with Gasteiger partial charge in [0, 0.05) is 18.6 Å². The van der Waals surface area contributed by atoms with E-state index in [2.05, 4.69) is 24.2 Å². The van der Waals surface area contributed by atoms with E-state index in [1.54, 1.807) is 12.1 Å². The van der Waals surface area contributed by atoms with Crippen LogP contribution in [0.1, 0.15) is 25.3 Å². The van der Waals surface area contributed by atoms with Crippen molar-refractivity contribution in [3.63, 3.8) is 0 Å². The molecule has 3 heteroatoms. The minimum atomic E-state index is -0.143. The first kappa shape index (κ1) is 13.5. The molecular weight excluding hydrogens is 227 g/mol. The summed E-state index contributed by atoms with van der Waals surface area (Å²) in [7, 11) is 2.19. The highest BCUT2D eigenvalue weighted by atomic mass is 19.1. The van der Waals surface area contributed by atoms with E-state index in [1.807, 2.05) is 6.07 Å². The van der Waals surface area contributed by atoms with Gasteiger partial charge in [-0.2, -0.15) is 0 Å². The van der Waals surface area contributed by atoms with Crippen LogP contribution in [-0.2, 0) is 6.42 Å². The Morgan fingerprint density at radius 3 is 3.00 bits per heavy atom. The highest BCUT2D eigenvalue weighted by Gasteiger charge is 2.20. The molecule has 1 aliphatic rings. The quantitative estimate of drug-likeness (QED) is 0.863. The van der Waals surface area contributed by atoms with Crippen molar-refractivity contribution in [2.45, 2.75) is 38.3 Å². The molecule has 0 radical (unpaired) electrons. The van der Waals surface area contributed by atoms with E-state index in [-0.39, 0.29) is 5.82 Å². The maximum atomic E-state index is 13.1. The number of likely N-dealkylation sites (tertiary alicyclic amines) is 1. The number of benzene rings is 1. The average Bonchev–Trinajstić information content (AvgIpc) is 2.72. The van der Waals surface area contributed by atoms with Crippen LogP contribution in [0.15, 0.2) is 24.3 Å². The molecule has 1 N–H and O–H groups in total. The molecular formula is C15H23FN2. The van der Waals surface area contributed by atoms with E-state index >= 15 is 0 Å². The van der Waals surface area contributed by atoms with Gasteiger partial charge in [-0.1, -0.05) is 12.1 Å². The molecule has 0 amide bonds. The number of hydrogen-bond donors (Lipinski definition) is 1. The standard InChI is InChI=1S/C15H23FN2/c1-12(9-13-5-3-6-14(16)10-13)17-11-15-7-4-8-18(15)2/h3,5-6,10,12,15,17H,4,7-9,11H2,1-2H3. The molecule has 2 rings (SSSR count). The van der Waals surface area contributed by atoms with Gasteiger partial charge in [0.2, 0.25) is 0 Å². The van der Waals surface area contributed by atoms with Crippen molar-refractivity contribution in [2.75, 3.05) is 20.1 Å². The van der Waals surface area contributed by atoms with Crippen LogP contribution in [0.3, 0.4) is 0 Å². The Kier molecular flexibility index (Phi) is 4.72. The van der Waals surface area contributed by atoms with Crippen molar-refractivity contribution in [3.8, 4) is 0 Å². The van der Waals surface area contributed by atoms with Crippen LogP contribution in [-0.4, -0.2) is 37.1 Å². The fourth-order valence-electron chi connectivity index (χ4n) is 2.66. The van der Waals surface area contributed by atoms with Gasteiger partial charge in [0.1, 0.15) is 5.82 Å². The molecule has 18 heavy (non-hydrogen) atoms. The van der Waals surface area contributed by atoms with Crippen molar-refractivity contribution >= 4 is 0 Å². The van der Waals surface area contributed by atoms with Crippen LogP contribution >= 0.6 is 0 Å². The minimum absolute atomic E-state index is 0.143. The molecule has 1 saturated heterocycles. The molecule has 1 heterocycles. The molecule has 0 aromatic heterocycles. The van der Waals surface area contributed by atoms with E-state index in [0.717, 1.165) is 18.5 Å². The first-order valence-electron chi connectivity index (χ1n) is 6.83. The van der Waals surface area contributed by atoms with Gasteiger partial charge in [0.15, 0.2) is 0 Å². The highest BCUT2D eigenvalue weighted by molar-refractivity contribution is 5.17. The Bertz CT molecular complexity index is 381. The lowest BCUT2D eigenvalue weighted by Crippen LogP contribution is -2.40. The number of halogens is 1. The van der Waals surface area contributed by atoms with Crippen LogP contribution in [0.25, 0.3) is 0 Å². The molecule has 2 unspecified atom stereocenters. The summed E-state index contributed by atoms with van der Waals surface area (Å²) in [5, 5.41) is 3.56. The second-order valence-corrected chi connectivity index (χ2v) is 5.42. The molecule has 0 aliphatic carbocycles.